The van der Waals surface area contributed by atoms with Crippen molar-refractivity contribution < 1.29 is 28.5 Å². The molecule has 2 unspecified atom stereocenters. The van der Waals surface area contributed by atoms with Gasteiger partial charge in [0.2, 0.25) is 5.60 Å². The Balaban J connectivity index is 1.81. The molecule has 102 valence electrons. The molecule has 0 saturated carbocycles. The summed E-state index contributed by atoms with van der Waals surface area (Å²) < 4.78 is 20.1. The van der Waals surface area contributed by atoms with Gasteiger partial charge in [0.25, 0.3) is 0 Å². The summed E-state index contributed by atoms with van der Waals surface area (Å²) in [5, 5.41) is 0. The number of cyclic esters (lactones) is 2. The first-order valence-electron chi connectivity index (χ1n) is 6.21. The van der Waals surface area contributed by atoms with Gasteiger partial charge < -0.3 is 18.9 Å². The molecular weight excluding hydrogens is 240 g/mol. The third kappa shape index (κ3) is 3.13. The normalized spacial score (nSPS) is 32.3. The summed E-state index contributed by atoms with van der Waals surface area (Å²) in [6.07, 6.45) is 1.48. The van der Waals surface area contributed by atoms with Crippen LogP contribution in [0.2, 0.25) is 0 Å². The molecule has 0 N–H and O–H groups in total. The predicted molar refractivity (Wildman–Crippen MR) is 60.0 cm³/mol. The predicted octanol–water partition coefficient (Wildman–Crippen LogP) is 1.27. The fourth-order valence-electron chi connectivity index (χ4n) is 2.02. The van der Waals surface area contributed by atoms with E-state index < -0.39 is 17.7 Å². The van der Waals surface area contributed by atoms with Crippen molar-refractivity contribution >= 4 is 12.1 Å². The minimum absolute atomic E-state index is 0.178. The number of carbonyl (C=O) groups is 2. The second kappa shape index (κ2) is 5.56. The summed E-state index contributed by atoms with van der Waals surface area (Å²) in [6, 6.07) is 0. The number of hydrogen-bond acceptors (Lipinski definition) is 6. The lowest BCUT2D eigenvalue weighted by molar-refractivity contribution is -0.176. The molecule has 2 saturated heterocycles. The summed E-state index contributed by atoms with van der Waals surface area (Å²) in [5.74, 6) is -0.272. The minimum atomic E-state index is -1.22. The second-order valence-electron chi connectivity index (χ2n) is 4.86. The maximum Gasteiger partial charge on any atom is 0.509 e. The standard InChI is InChI=1S/C12H18O6/c1-12(4-6-16-11(14)18-12)10(13)17-8-9-3-2-5-15-7-9/h9H,2-8H2,1H3. The van der Waals surface area contributed by atoms with Gasteiger partial charge in [-0.25, -0.2) is 9.59 Å². The van der Waals surface area contributed by atoms with Crippen LogP contribution in [0.3, 0.4) is 0 Å². The maximum absolute atomic E-state index is 11.9. The molecule has 0 aliphatic carbocycles. The first-order chi connectivity index (χ1) is 8.60. The van der Waals surface area contributed by atoms with Gasteiger partial charge in [-0.15, -0.1) is 0 Å². The maximum atomic E-state index is 11.9. The highest BCUT2D eigenvalue weighted by Gasteiger charge is 2.43. The summed E-state index contributed by atoms with van der Waals surface area (Å²) in [6.45, 7) is 3.43. The molecule has 2 atom stereocenters. The Bertz CT molecular complexity index is 323. The van der Waals surface area contributed by atoms with E-state index in [1.165, 1.54) is 0 Å². The van der Waals surface area contributed by atoms with Crippen LogP contribution >= 0.6 is 0 Å². The van der Waals surface area contributed by atoms with Gasteiger partial charge in [-0.2, -0.15) is 0 Å². The van der Waals surface area contributed by atoms with Gasteiger partial charge >= 0.3 is 12.1 Å². The number of hydrogen-bond donors (Lipinski definition) is 0. The van der Waals surface area contributed by atoms with Gasteiger partial charge in [0.15, 0.2) is 0 Å². The van der Waals surface area contributed by atoms with Crippen LogP contribution in [0.25, 0.3) is 0 Å². The minimum Gasteiger partial charge on any atom is -0.462 e. The zero-order valence-corrected chi connectivity index (χ0v) is 10.5. The van der Waals surface area contributed by atoms with Crippen LogP contribution in [0.1, 0.15) is 26.2 Å². The average Bonchev–Trinajstić information content (AvgIpc) is 2.37. The summed E-state index contributed by atoms with van der Waals surface area (Å²) >= 11 is 0. The summed E-state index contributed by atoms with van der Waals surface area (Å²) in [7, 11) is 0. The second-order valence-corrected chi connectivity index (χ2v) is 4.86. The fourth-order valence-corrected chi connectivity index (χ4v) is 2.02. The van der Waals surface area contributed by atoms with Crippen molar-refractivity contribution in [3.05, 3.63) is 0 Å². The van der Waals surface area contributed by atoms with Gasteiger partial charge in [-0.3, -0.25) is 0 Å². The largest absolute Gasteiger partial charge is 0.509 e. The quantitative estimate of drug-likeness (QED) is 0.710. The smallest absolute Gasteiger partial charge is 0.462 e. The average molecular weight is 258 g/mol. The zero-order chi connectivity index (χ0) is 13.0. The Kier molecular flexibility index (Phi) is 4.06. The van der Waals surface area contributed by atoms with E-state index in [2.05, 4.69) is 4.74 Å². The molecule has 2 heterocycles. The van der Waals surface area contributed by atoms with Crippen LogP contribution in [0.4, 0.5) is 4.79 Å². The number of esters is 1. The molecule has 2 rings (SSSR count). The van der Waals surface area contributed by atoms with E-state index >= 15 is 0 Å². The zero-order valence-electron chi connectivity index (χ0n) is 10.5. The van der Waals surface area contributed by atoms with Crippen LogP contribution in [0.5, 0.6) is 0 Å². The van der Waals surface area contributed by atoms with E-state index in [9.17, 15) is 9.59 Å². The SMILES string of the molecule is CC1(C(=O)OCC2CCCOC2)CCOC(=O)O1. The Morgan fingerprint density at radius 2 is 2.33 bits per heavy atom. The van der Waals surface area contributed by atoms with E-state index in [1.54, 1.807) is 6.92 Å². The van der Waals surface area contributed by atoms with Gasteiger partial charge in [0.1, 0.15) is 0 Å². The highest BCUT2D eigenvalue weighted by Crippen LogP contribution is 2.24. The van der Waals surface area contributed by atoms with Crippen molar-refractivity contribution in [2.45, 2.75) is 31.8 Å². The van der Waals surface area contributed by atoms with Crippen molar-refractivity contribution in [3.8, 4) is 0 Å². The van der Waals surface area contributed by atoms with Crippen molar-refractivity contribution in [2.24, 2.45) is 5.92 Å². The van der Waals surface area contributed by atoms with Gasteiger partial charge in [-0.05, 0) is 19.8 Å². The lowest BCUT2D eigenvalue weighted by Crippen LogP contribution is -2.46. The Morgan fingerprint density at radius 1 is 1.50 bits per heavy atom. The van der Waals surface area contributed by atoms with E-state index in [4.69, 9.17) is 14.2 Å². The van der Waals surface area contributed by atoms with Crippen LogP contribution in [-0.2, 0) is 23.7 Å². The number of ether oxygens (including phenoxy) is 4. The van der Waals surface area contributed by atoms with E-state index in [0.29, 0.717) is 19.6 Å². The topological polar surface area (TPSA) is 71.1 Å². The van der Waals surface area contributed by atoms with E-state index in [0.717, 1.165) is 19.4 Å². The summed E-state index contributed by atoms with van der Waals surface area (Å²) in [5.41, 5.74) is -1.22. The molecule has 2 fully saturated rings. The molecule has 18 heavy (non-hydrogen) atoms. The highest BCUT2D eigenvalue weighted by molar-refractivity contribution is 5.82. The first-order valence-corrected chi connectivity index (χ1v) is 6.21. The van der Waals surface area contributed by atoms with Gasteiger partial charge in [0, 0.05) is 18.9 Å². The molecule has 0 spiro atoms. The van der Waals surface area contributed by atoms with Crippen LogP contribution < -0.4 is 0 Å². The third-order valence-corrected chi connectivity index (χ3v) is 3.24. The molecular formula is C12H18O6. The van der Waals surface area contributed by atoms with Crippen molar-refractivity contribution in [1.82, 2.24) is 0 Å². The number of rotatable bonds is 3. The Morgan fingerprint density at radius 3 is 3.00 bits per heavy atom. The molecule has 0 radical (unpaired) electrons. The molecule has 0 aromatic rings. The molecule has 0 aromatic heterocycles. The molecule has 2 aliphatic heterocycles. The summed E-state index contributed by atoms with van der Waals surface area (Å²) in [4.78, 5) is 22.9. The highest BCUT2D eigenvalue weighted by atomic mass is 16.7. The molecule has 0 amide bonds. The number of carbonyl (C=O) groups excluding carboxylic acids is 2. The molecule has 6 heteroatoms. The van der Waals surface area contributed by atoms with Crippen LogP contribution in [0.15, 0.2) is 0 Å². The molecule has 2 aliphatic rings. The Hall–Kier alpha value is -1.30. The van der Waals surface area contributed by atoms with Gasteiger partial charge in [0.05, 0.1) is 19.8 Å². The Labute approximate surface area is 106 Å². The van der Waals surface area contributed by atoms with Crippen LogP contribution in [-0.4, -0.2) is 44.2 Å². The first kappa shape index (κ1) is 13.1. The molecule has 0 aromatic carbocycles. The lowest BCUT2D eigenvalue weighted by Gasteiger charge is -2.31. The van der Waals surface area contributed by atoms with E-state index in [-0.39, 0.29) is 12.5 Å². The fraction of sp³-hybridized carbons (Fsp3) is 0.833. The van der Waals surface area contributed by atoms with Gasteiger partial charge in [-0.1, -0.05) is 0 Å². The molecule has 0 bridgehead atoms. The van der Waals surface area contributed by atoms with Crippen molar-refractivity contribution in [3.63, 3.8) is 0 Å². The molecule has 6 nitrogen and oxygen atoms in total. The monoisotopic (exact) mass is 258 g/mol. The van der Waals surface area contributed by atoms with Crippen molar-refractivity contribution in [1.29, 1.82) is 0 Å². The van der Waals surface area contributed by atoms with Crippen LogP contribution in [0, 0.1) is 5.92 Å². The lowest BCUT2D eigenvalue weighted by atomic mass is 10.0. The van der Waals surface area contributed by atoms with Crippen molar-refractivity contribution in [2.75, 3.05) is 26.4 Å². The van der Waals surface area contributed by atoms with E-state index in [1.807, 2.05) is 0 Å². The third-order valence-electron chi connectivity index (χ3n) is 3.24.